The number of benzene rings is 1. The van der Waals surface area contributed by atoms with Crippen LogP contribution in [-0.2, 0) is 14.3 Å². The average Bonchev–Trinajstić information content (AvgIpc) is 3.01. The molecule has 8 nitrogen and oxygen atoms in total. The Morgan fingerprint density at radius 2 is 1.76 bits per heavy atom. The largest absolute Gasteiger partial charge is 0.507 e. The summed E-state index contributed by atoms with van der Waals surface area (Å²) in [6, 6.07) is 7.44. The number of methoxy groups -OCH3 is 3. The molecule has 1 N–H and O–H groups in total. The number of ether oxygens (including phenoxy) is 3. The molecule has 1 aliphatic heterocycles. The normalized spacial score (nSPS) is 18.2. The molecule has 29 heavy (non-hydrogen) atoms. The molecule has 0 spiro atoms. The van der Waals surface area contributed by atoms with Crippen LogP contribution in [0, 0.1) is 0 Å². The van der Waals surface area contributed by atoms with Gasteiger partial charge in [0.15, 0.2) is 11.5 Å². The van der Waals surface area contributed by atoms with Crippen LogP contribution >= 0.6 is 0 Å². The number of carbonyl (C=O) groups excluding carboxylic acids is 2. The van der Waals surface area contributed by atoms with Crippen molar-refractivity contribution in [1.82, 2.24) is 9.88 Å². The number of likely N-dealkylation sites (tertiary alicyclic amines) is 1. The zero-order valence-electron chi connectivity index (χ0n) is 16.4. The second-order valence-electron chi connectivity index (χ2n) is 6.34. The Bertz CT molecular complexity index is 941. The topological polar surface area (TPSA) is 98.2 Å². The molecular weight excluding hydrogens is 376 g/mol. The number of Topliss-reactive ketones (excluding diaryl/α,β-unsaturated/α-hetero) is 1. The van der Waals surface area contributed by atoms with Gasteiger partial charge in [-0.15, -0.1) is 0 Å². The summed E-state index contributed by atoms with van der Waals surface area (Å²) in [6.45, 7) is 0.460. The number of carbonyl (C=O) groups is 2. The average molecular weight is 398 g/mol. The number of ketones is 1. The number of aromatic nitrogens is 1. The molecule has 2 aromatic rings. The number of hydrogen-bond donors (Lipinski definition) is 1. The first kappa shape index (κ1) is 20.3. The highest BCUT2D eigenvalue weighted by molar-refractivity contribution is 6.46. The molecule has 2 heterocycles. The number of aliphatic hydroxyl groups excluding tert-OH is 1. The number of pyridine rings is 1. The summed E-state index contributed by atoms with van der Waals surface area (Å²) in [5.74, 6) is -0.854. The van der Waals surface area contributed by atoms with Gasteiger partial charge in [0.25, 0.3) is 11.7 Å². The first-order chi connectivity index (χ1) is 14.0. The predicted molar refractivity (Wildman–Crippen MR) is 105 cm³/mol. The maximum absolute atomic E-state index is 12.8. The van der Waals surface area contributed by atoms with Gasteiger partial charge in [-0.25, -0.2) is 0 Å². The minimum absolute atomic E-state index is 0.00419. The number of amides is 1. The van der Waals surface area contributed by atoms with Crippen LogP contribution in [0.3, 0.4) is 0 Å². The highest BCUT2D eigenvalue weighted by Gasteiger charge is 2.45. The highest BCUT2D eigenvalue weighted by atomic mass is 16.5. The fourth-order valence-corrected chi connectivity index (χ4v) is 3.33. The third-order valence-corrected chi connectivity index (χ3v) is 4.76. The maximum Gasteiger partial charge on any atom is 0.295 e. The van der Waals surface area contributed by atoms with Gasteiger partial charge in [0.05, 0.1) is 32.4 Å². The summed E-state index contributed by atoms with van der Waals surface area (Å²) in [7, 11) is 4.49. The van der Waals surface area contributed by atoms with E-state index in [2.05, 4.69) is 4.98 Å². The molecule has 1 amide bonds. The number of rotatable bonds is 7. The summed E-state index contributed by atoms with van der Waals surface area (Å²) in [5.41, 5.74) is 1.01. The molecule has 8 heteroatoms. The third-order valence-electron chi connectivity index (χ3n) is 4.76. The van der Waals surface area contributed by atoms with E-state index in [1.54, 1.807) is 42.7 Å². The summed E-state index contributed by atoms with van der Waals surface area (Å²) >= 11 is 0. The first-order valence-electron chi connectivity index (χ1n) is 8.93. The Labute approximate surface area is 168 Å². The molecule has 1 atom stereocenters. The fraction of sp³-hybridized carbons (Fsp3) is 0.286. The first-order valence-corrected chi connectivity index (χ1v) is 8.93. The predicted octanol–water partition coefficient (Wildman–Crippen LogP) is 2.17. The molecule has 0 aliphatic carbocycles. The Hall–Kier alpha value is -3.39. The van der Waals surface area contributed by atoms with Crippen LogP contribution in [0.4, 0.5) is 0 Å². The molecule has 1 aromatic carbocycles. The highest BCUT2D eigenvalue weighted by Crippen LogP contribution is 2.40. The van der Waals surface area contributed by atoms with E-state index in [4.69, 9.17) is 14.2 Å². The summed E-state index contributed by atoms with van der Waals surface area (Å²) in [5, 5.41) is 11.0. The Morgan fingerprint density at radius 3 is 2.38 bits per heavy atom. The Morgan fingerprint density at radius 1 is 1.07 bits per heavy atom. The molecule has 1 aliphatic rings. The molecule has 0 radical (unpaired) electrons. The van der Waals surface area contributed by atoms with Gasteiger partial charge >= 0.3 is 0 Å². The summed E-state index contributed by atoms with van der Waals surface area (Å²) in [4.78, 5) is 30.9. The van der Waals surface area contributed by atoms with Crippen molar-refractivity contribution in [3.05, 3.63) is 59.4 Å². The van der Waals surface area contributed by atoms with E-state index in [1.807, 2.05) is 0 Å². The van der Waals surface area contributed by atoms with E-state index in [9.17, 15) is 14.7 Å². The van der Waals surface area contributed by atoms with Gasteiger partial charge in [0.2, 0.25) is 0 Å². The monoisotopic (exact) mass is 398 g/mol. The lowest BCUT2D eigenvalue weighted by atomic mass is 9.96. The van der Waals surface area contributed by atoms with Crippen molar-refractivity contribution in [2.24, 2.45) is 0 Å². The zero-order valence-corrected chi connectivity index (χ0v) is 16.4. The van der Waals surface area contributed by atoms with Crippen molar-refractivity contribution in [2.75, 3.05) is 34.5 Å². The van der Waals surface area contributed by atoms with Gasteiger partial charge in [-0.05, 0) is 35.9 Å². The van der Waals surface area contributed by atoms with Crippen LogP contribution in [0.15, 0.2) is 48.3 Å². The van der Waals surface area contributed by atoms with E-state index >= 15 is 0 Å². The molecule has 0 saturated carbocycles. The third kappa shape index (κ3) is 3.79. The Balaban J connectivity index is 2.15. The minimum atomic E-state index is -0.754. The lowest BCUT2D eigenvalue weighted by Crippen LogP contribution is -2.32. The molecule has 1 saturated heterocycles. The van der Waals surface area contributed by atoms with Crippen molar-refractivity contribution in [3.8, 4) is 11.5 Å². The molecule has 1 fully saturated rings. The van der Waals surface area contributed by atoms with E-state index in [1.165, 1.54) is 26.2 Å². The van der Waals surface area contributed by atoms with Crippen molar-refractivity contribution < 1.29 is 28.9 Å². The van der Waals surface area contributed by atoms with Gasteiger partial charge in [-0.2, -0.15) is 0 Å². The van der Waals surface area contributed by atoms with Crippen molar-refractivity contribution >= 4 is 17.4 Å². The molecular formula is C21H22N2O6. The van der Waals surface area contributed by atoms with Gasteiger partial charge in [-0.1, -0.05) is 0 Å². The van der Waals surface area contributed by atoms with Crippen LogP contribution in [0.5, 0.6) is 11.5 Å². The number of aliphatic hydroxyl groups is 1. The number of nitrogens with zero attached hydrogens (tertiary/aromatic N) is 2. The zero-order chi connectivity index (χ0) is 21.0. The van der Waals surface area contributed by atoms with E-state index in [0.29, 0.717) is 22.6 Å². The SMILES string of the molecule is COCCN1C(=O)C(=O)/C(=C(\O)c2ccc(OC)c(OC)c2)C1c1ccncc1. The van der Waals surface area contributed by atoms with Crippen molar-refractivity contribution in [1.29, 1.82) is 0 Å². The van der Waals surface area contributed by atoms with Crippen LogP contribution in [-0.4, -0.2) is 61.2 Å². The summed E-state index contributed by atoms with van der Waals surface area (Å²) in [6.07, 6.45) is 3.14. The van der Waals surface area contributed by atoms with E-state index in [-0.39, 0.29) is 24.5 Å². The lowest BCUT2D eigenvalue weighted by Gasteiger charge is -2.24. The van der Waals surface area contributed by atoms with Crippen LogP contribution in [0.1, 0.15) is 17.2 Å². The maximum atomic E-state index is 12.8. The fourth-order valence-electron chi connectivity index (χ4n) is 3.33. The standard InChI is InChI=1S/C21H22N2O6/c1-27-11-10-23-18(13-6-8-22-9-7-13)17(20(25)21(23)26)19(24)14-4-5-15(28-2)16(12-14)29-3/h4-9,12,18,24H,10-11H2,1-3H3/b19-17-. The van der Waals surface area contributed by atoms with Crippen LogP contribution in [0.2, 0.25) is 0 Å². The second-order valence-corrected chi connectivity index (χ2v) is 6.34. The van der Waals surface area contributed by atoms with Crippen molar-refractivity contribution in [3.63, 3.8) is 0 Å². The van der Waals surface area contributed by atoms with Crippen molar-refractivity contribution in [2.45, 2.75) is 6.04 Å². The van der Waals surface area contributed by atoms with E-state index < -0.39 is 17.7 Å². The van der Waals surface area contributed by atoms with Gasteiger partial charge in [-0.3, -0.25) is 14.6 Å². The Kier molecular flexibility index (Phi) is 6.13. The molecule has 3 rings (SSSR count). The minimum Gasteiger partial charge on any atom is -0.507 e. The quantitative estimate of drug-likeness (QED) is 0.434. The van der Waals surface area contributed by atoms with Gasteiger partial charge in [0, 0.05) is 31.6 Å². The smallest absolute Gasteiger partial charge is 0.295 e. The molecule has 1 aromatic heterocycles. The van der Waals surface area contributed by atoms with Gasteiger partial charge < -0.3 is 24.2 Å². The number of hydrogen-bond acceptors (Lipinski definition) is 7. The summed E-state index contributed by atoms with van der Waals surface area (Å²) < 4.78 is 15.6. The van der Waals surface area contributed by atoms with Crippen LogP contribution < -0.4 is 9.47 Å². The molecule has 152 valence electrons. The lowest BCUT2D eigenvalue weighted by molar-refractivity contribution is -0.140. The van der Waals surface area contributed by atoms with Gasteiger partial charge in [0.1, 0.15) is 5.76 Å². The second kappa shape index (κ2) is 8.74. The molecule has 0 bridgehead atoms. The molecule has 1 unspecified atom stereocenters. The van der Waals surface area contributed by atoms with E-state index in [0.717, 1.165) is 0 Å². The van der Waals surface area contributed by atoms with Crippen LogP contribution in [0.25, 0.3) is 5.76 Å².